The molecule has 1 aliphatic heterocycles. The second-order valence-electron chi connectivity index (χ2n) is 6.85. The zero-order valence-corrected chi connectivity index (χ0v) is 15.0. The van der Waals surface area contributed by atoms with Gasteiger partial charge in [0.25, 0.3) is 0 Å². The van der Waals surface area contributed by atoms with Crippen molar-refractivity contribution in [3.05, 3.63) is 71.3 Å². The number of aliphatic hydroxyl groups is 1. The molecule has 0 bridgehead atoms. The Kier molecular flexibility index (Phi) is 5.71. The number of methoxy groups -OCH3 is 1. The first-order valence-electron chi connectivity index (χ1n) is 8.86. The van der Waals surface area contributed by atoms with Gasteiger partial charge in [-0.15, -0.1) is 0 Å². The molecule has 0 radical (unpaired) electrons. The number of hydrogen-bond donors (Lipinski definition) is 2. The molecule has 3 rings (SSSR count). The first kappa shape index (κ1) is 18.6. The van der Waals surface area contributed by atoms with E-state index in [0.29, 0.717) is 32.5 Å². The van der Waals surface area contributed by atoms with Gasteiger partial charge < -0.3 is 14.9 Å². The summed E-state index contributed by atoms with van der Waals surface area (Å²) in [5.74, 6) is -0.871. The maximum atomic E-state index is 12.0. The minimum Gasteiger partial charge on any atom is -0.480 e. The third-order valence-corrected chi connectivity index (χ3v) is 5.11. The van der Waals surface area contributed by atoms with E-state index in [-0.39, 0.29) is 0 Å². The largest absolute Gasteiger partial charge is 0.480 e. The Labute approximate surface area is 153 Å². The van der Waals surface area contributed by atoms with Crippen molar-refractivity contribution in [2.45, 2.75) is 31.1 Å². The molecule has 0 spiro atoms. The number of piperidine rings is 1. The number of ether oxygens (including phenoxy) is 1. The van der Waals surface area contributed by atoms with Crippen LogP contribution in [0.2, 0.25) is 0 Å². The Hall–Kier alpha value is -2.21. The summed E-state index contributed by atoms with van der Waals surface area (Å²) in [6, 6.07) is 16.4. The first-order valence-corrected chi connectivity index (χ1v) is 8.86. The molecule has 0 amide bonds. The Morgan fingerprint density at radius 2 is 1.85 bits per heavy atom. The molecule has 2 aromatic carbocycles. The van der Waals surface area contributed by atoms with Crippen molar-refractivity contribution in [2.24, 2.45) is 0 Å². The van der Waals surface area contributed by atoms with Crippen LogP contribution in [0.25, 0.3) is 0 Å². The fourth-order valence-electron chi connectivity index (χ4n) is 3.72. The van der Waals surface area contributed by atoms with Crippen molar-refractivity contribution in [3.63, 3.8) is 0 Å². The molecular weight excluding hydrogens is 330 g/mol. The van der Waals surface area contributed by atoms with Crippen molar-refractivity contribution in [1.29, 1.82) is 0 Å². The first-order chi connectivity index (χ1) is 12.5. The van der Waals surface area contributed by atoms with Gasteiger partial charge in [0.05, 0.1) is 12.2 Å². The van der Waals surface area contributed by atoms with Crippen LogP contribution in [-0.4, -0.2) is 41.3 Å². The van der Waals surface area contributed by atoms with E-state index in [1.165, 1.54) is 0 Å². The third-order valence-electron chi connectivity index (χ3n) is 5.11. The van der Waals surface area contributed by atoms with Crippen molar-refractivity contribution in [3.8, 4) is 0 Å². The summed E-state index contributed by atoms with van der Waals surface area (Å²) in [6.45, 7) is 1.50. The molecule has 0 aliphatic carbocycles. The minimum atomic E-state index is -0.890. The lowest BCUT2D eigenvalue weighted by Crippen LogP contribution is -2.46. The van der Waals surface area contributed by atoms with Crippen molar-refractivity contribution in [1.82, 2.24) is 4.90 Å². The summed E-state index contributed by atoms with van der Waals surface area (Å²) >= 11 is 0. The van der Waals surface area contributed by atoms with Crippen LogP contribution in [0.1, 0.15) is 35.6 Å². The van der Waals surface area contributed by atoms with Gasteiger partial charge in [-0.3, -0.25) is 9.69 Å². The van der Waals surface area contributed by atoms with E-state index >= 15 is 0 Å². The molecule has 1 aliphatic rings. The van der Waals surface area contributed by atoms with Gasteiger partial charge in [0.2, 0.25) is 0 Å². The van der Waals surface area contributed by atoms with Crippen LogP contribution in [0.4, 0.5) is 0 Å². The molecule has 1 saturated heterocycles. The predicted molar refractivity (Wildman–Crippen MR) is 98.7 cm³/mol. The second kappa shape index (κ2) is 7.99. The lowest BCUT2D eigenvalue weighted by molar-refractivity contribution is -0.146. The topological polar surface area (TPSA) is 70.0 Å². The molecule has 5 heteroatoms. The van der Waals surface area contributed by atoms with Gasteiger partial charge in [-0.2, -0.15) is 0 Å². The van der Waals surface area contributed by atoms with Crippen LogP contribution in [0.15, 0.2) is 54.6 Å². The minimum absolute atomic E-state index is 0.452. The van der Waals surface area contributed by atoms with E-state index in [2.05, 4.69) is 0 Å². The number of rotatable bonds is 6. The molecule has 0 aromatic heterocycles. The number of aliphatic carboxylic acids is 1. The van der Waals surface area contributed by atoms with Crippen LogP contribution in [0.5, 0.6) is 0 Å². The van der Waals surface area contributed by atoms with Crippen LogP contribution in [0.3, 0.4) is 0 Å². The average Bonchev–Trinajstić information content (AvgIpc) is 2.65. The van der Waals surface area contributed by atoms with Crippen molar-refractivity contribution < 1.29 is 19.7 Å². The van der Waals surface area contributed by atoms with Crippen molar-refractivity contribution >= 4 is 5.97 Å². The molecule has 0 unspecified atom stereocenters. The number of carboxylic acids is 1. The summed E-state index contributed by atoms with van der Waals surface area (Å²) in [6.07, 6.45) is 1.02. The van der Waals surface area contributed by atoms with Gasteiger partial charge in [-0.25, -0.2) is 0 Å². The average molecular weight is 355 g/mol. The van der Waals surface area contributed by atoms with E-state index in [1.807, 2.05) is 59.5 Å². The lowest BCUT2D eigenvalue weighted by Gasteiger charge is -2.41. The highest BCUT2D eigenvalue weighted by atomic mass is 16.5. The monoisotopic (exact) mass is 355 g/mol. The highest BCUT2D eigenvalue weighted by Crippen LogP contribution is 2.36. The SMILES string of the molecule is COCc1cccc([C@H](C(=O)O)N2CCC(O)(c3ccccc3)CC2)c1. The Morgan fingerprint density at radius 3 is 2.46 bits per heavy atom. The van der Waals surface area contributed by atoms with Gasteiger partial charge in [-0.1, -0.05) is 54.6 Å². The number of carboxylic acid groups (broad SMARTS) is 1. The van der Waals surface area contributed by atoms with E-state index in [9.17, 15) is 15.0 Å². The van der Waals surface area contributed by atoms with Crippen LogP contribution in [0, 0.1) is 0 Å². The Bertz CT molecular complexity index is 739. The molecule has 2 aromatic rings. The van der Waals surface area contributed by atoms with Gasteiger partial charge in [-0.05, 0) is 29.5 Å². The van der Waals surface area contributed by atoms with Crippen LogP contribution in [-0.2, 0) is 21.7 Å². The molecule has 0 saturated carbocycles. The molecule has 1 fully saturated rings. The lowest BCUT2D eigenvalue weighted by atomic mass is 9.83. The maximum Gasteiger partial charge on any atom is 0.325 e. The van der Waals surface area contributed by atoms with Gasteiger partial charge in [0, 0.05) is 20.2 Å². The molecule has 138 valence electrons. The number of likely N-dealkylation sites (tertiary alicyclic amines) is 1. The molecule has 1 heterocycles. The number of benzene rings is 2. The molecular formula is C21H25NO4. The summed E-state index contributed by atoms with van der Waals surface area (Å²) in [5.41, 5.74) is 1.71. The molecule has 26 heavy (non-hydrogen) atoms. The quantitative estimate of drug-likeness (QED) is 0.834. The fourth-order valence-corrected chi connectivity index (χ4v) is 3.72. The zero-order chi connectivity index (χ0) is 18.6. The zero-order valence-electron chi connectivity index (χ0n) is 15.0. The summed E-state index contributed by atoms with van der Waals surface area (Å²) in [5, 5.41) is 20.8. The number of nitrogens with zero attached hydrogens (tertiary/aromatic N) is 1. The van der Waals surface area contributed by atoms with Gasteiger partial charge in [0.1, 0.15) is 6.04 Å². The van der Waals surface area contributed by atoms with E-state index < -0.39 is 17.6 Å². The summed E-state index contributed by atoms with van der Waals surface area (Å²) in [7, 11) is 1.62. The summed E-state index contributed by atoms with van der Waals surface area (Å²) in [4.78, 5) is 13.9. The highest BCUT2D eigenvalue weighted by molar-refractivity contribution is 5.75. The summed E-state index contributed by atoms with van der Waals surface area (Å²) < 4.78 is 5.15. The molecule has 2 N–H and O–H groups in total. The van der Waals surface area contributed by atoms with E-state index in [4.69, 9.17) is 4.74 Å². The third kappa shape index (κ3) is 3.96. The predicted octanol–water partition coefficient (Wildman–Crippen LogP) is 2.94. The van der Waals surface area contributed by atoms with Crippen LogP contribution >= 0.6 is 0 Å². The number of hydrogen-bond acceptors (Lipinski definition) is 4. The second-order valence-corrected chi connectivity index (χ2v) is 6.85. The van der Waals surface area contributed by atoms with Gasteiger partial charge in [0.15, 0.2) is 0 Å². The highest BCUT2D eigenvalue weighted by Gasteiger charge is 2.38. The normalized spacial score (nSPS) is 18.4. The standard InChI is InChI=1S/C21H25NO4/c1-26-15-16-6-5-7-17(14-16)19(20(23)24)22-12-10-21(25,11-13-22)18-8-3-2-4-9-18/h2-9,14,19,25H,10-13,15H2,1H3,(H,23,24)/t19-/m1/s1. The van der Waals surface area contributed by atoms with E-state index in [1.54, 1.807) is 7.11 Å². The van der Waals surface area contributed by atoms with Crippen molar-refractivity contribution in [2.75, 3.05) is 20.2 Å². The Balaban J connectivity index is 1.77. The molecule has 1 atom stereocenters. The van der Waals surface area contributed by atoms with E-state index in [0.717, 1.165) is 16.7 Å². The number of carbonyl (C=O) groups is 1. The Morgan fingerprint density at radius 1 is 1.15 bits per heavy atom. The molecule has 5 nitrogen and oxygen atoms in total. The smallest absolute Gasteiger partial charge is 0.325 e. The maximum absolute atomic E-state index is 12.0. The fraction of sp³-hybridized carbons (Fsp3) is 0.381. The van der Waals surface area contributed by atoms with Gasteiger partial charge >= 0.3 is 5.97 Å². The van der Waals surface area contributed by atoms with Crippen LogP contribution < -0.4 is 0 Å².